The minimum absolute atomic E-state index is 0.319. The highest BCUT2D eigenvalue weighted by atomic mass is 32.1. The molecule has 29 heavy (non-hydrogen) atoms. The summed E-state index contributed by atoms with van der Waals surface area (Å²) in [5.74, 6) is 0.467. The Kier molecular flexibility index (Phi) is 4.43. The number of hydrogen-bond donors (Lipinski definition) is 2. The Balaban J connectivity index is 1.57. The summed E-state index contributed by atoms with van der Waals surface area (Å²) >= 11 is 1.57. The van der Waals surface area contributed by atoms with E-state index >= 15 is 0 Å². The van der Waals surface area contributed by atoms with Crippen LogP contribution in [0.5, 0.6) is 5.75 Å². The minimum Gasteiger partial charge on any atom is -0.492 e. The van der Waals surface area contributed by atoms with E-state index < -0.39 is 5.97 Å². The normalized spacial score (nSPS) is 17.2. The number of nitrogens with one attached hydrogen (secondary N) is 1. The molecular formula is C21H20N4O3S. The third kappa shape index (κ3) is 3.13. The Morgan fingerprint density at radius 2 is 2.28 bits per heavy atom. The van der Waals surface area contributed by atoms with E-state index in [-0.39, 0.29) is 5.92 Å². The van der Waals surface area contributed by atoms with Crippen molar-refractivity contribution in [3.05, 3.63) is 40.0 Å². The Labute approximate surface area is 171 Å². The molecular weight excluding hydrogens is 388 g/mol. The van der Waals surface area contributed by atoms with Crippen molar-refractivity contribution in [1.29, 1.82) is 0 Å². The van der Waals surface area contributed by atoms with Crippen LogP contribution in [0, 0.1) is 5.92 Å². The zero-order valence-electron chi connectivity index (χ0n) is 15.9. The van der Waals surface area contributed by atoms with Gasteiger partial charge < -0.3 is 15.2 Å². The molecule has 1 aliphatic carbocycles. The van der Waals surface area contributed by atoms with E-state index in [0.29, 0.717) is 26.0 Å². The van der Waals surface area contributed by atoms with Gasteiger partial charge in [0.1, 0.15) is 22.7 Å². The van der Waals surface area contributed by atoms with Gasteiger partial charge in [-0.3, -0.25) is 9.79 Å². The molecule has 5 rings (SSSR count). The predicted molar refractivity (Wildman–Crippen MR) is 113 cm³/mol. The van der Waals surface area contributed by atoms with Gasteiger partial charge in [0.15, 0.2) is 0 Å². The number of thiophene rings is 1. The van der Waals surface area contributed by atoms with Crippen LogP contribution in [-0.4, -0.2) is 33.9 Å². The second-order valence-corrected chi connectivity index (χ2v) is 8.34. The summed E-state index contributed by atoms with van der Waals surface area (Å²) in [5, 5.41) is 13.8. The van der Waals surface area contributed by atoms with Crippen molar-refractivity contribution in [2.45, 2.75) is 32.7 Å². The third-order valence-corrected chi connectivity index (χ3v) is 6.64. The van der Waals surface area contributed by atoms with Gasteiger partial charge in [-0.15, -0.1) is 11.3 Å². The first-order chi connectivity index (χ1) is 14.1. The SMILES string of the molecule is CCOc1cc2c(cc1Nc1ncnc3sc4c(c13)CC[C@H](C(=O)O)C4)C=NC2. The summed E-state index contributed by atoms with van der Waals surface area (Å²) in [6, 6.07) is 4.08. The maximum Gasteiger partial charge on any atom is 0.306 e. The number of benzene rings is 1. The van der Waals surface area contributed by atoms with Crippen molar-refractivity contribution >= 4 is 45.2 Å². The fraction of sp³-hybridized carbons (Fsp3) is 0.333. The lowest BCUT2D eigenvalue weighted by Gasteiger charge is -2.19. The number of anilines is 2. The van der Waals surface area contributed by atoms with E-state index in [1.54, 1.807) is 17.7 Å². The second-order valence-electron chi connectivity index (χ2n) is 7.26. The Morgan fingerprint density at radius 1 is 1.38 bits per heavy atom. The largest absolute Gasteiger partial charge is 0.492 e. The molecule has 0 saturated carbocycles. The van der Waals surface area contributed by atoms with Crippen LogP contribution in [0.15, 0.2) is 23.5 Å². The number of carbonyl (C=O) groups is 1. The lowest BCUT2D eigenvalue weighted by atomic mass is 9.88. The lowest BCUT2D eigenvalue weighted by Crippen LogP contribution is -2.21. The van der Waals surface area contributed by atoms with Crippen molar-refractivity contribution in [3.8, 4) is 5.75 Å². The van der Waals surface area contributed by atoms with Crippen LogP contribution in [0.2, 0.25) is 0 Å². The number of carboxylic acids is 1. The number of rotatable bonds is 5. The van der Waals surface area contributed by atoms with E-state index in [0.717, 1.165) is 49.9 Å². The molecule has 8 heteroatoms. The van der Waals surface area contributed by atoms with Crippen LogP contribution in [-0.2, 0) is 24.2 Å². The molecule has 2 N–H and O–H groups in total. The number of hydrogen-bond acceptors (Lipinski definition) is 7. The quantitative estimate of drug-likeness (QED) is 0.663. The topological polar surface area (TPSA) is 96.7 Å². The molecule has 2 aliphatic rings. The number of aromatic nitrogens is 2. The molecule has 0 amide bonds. The number of aryl methyl sites for hydroxylation is 1. The summed E-state index contributed by atoms with van der Waals surface area (Å²) in [6.45, 7) is 3.21. The number of aliphatic carboxylic acids is 1. The molecule has 7 nitrogen and oxygen atoms in total. The molecule has 3 aromatic rings. The molecule has 0 spiro atoms. The van der Waals surface area contributed by atoms with Gasteiger partial charge in [0.05, 0.1) is 30.1 Å². The summed E-state index contributed by atoms with van der Waals surface area (Å²) < 4.78 is 5.86. The van der Waals surface area contributed by atoms with E-state index in [1.807, 2.05) is 25.3 Å². The molecule has 2 aromatic heterocycles. The van der Waals surface area contributed by atoms with Gasteiger partial charge in [-0.2, -0.15) is 0 Å². The monoisotopic (exact) mass is 408 g/mol. The van der Waals surface area contributed by atoms with Crippen molar-refractivity contribution in [1.82, 2.24) is 9.97 Å². The van der Waals surface area contributed by atoms with Gasteiger partial charge in [0.2, 0.25) is 0 Å². The smallest absolute Gasteiger partial charge is 0.306 e. The second kappa shape index (κ2) is 7.11. The van der Waals surface area contributed by atoms with Crippen LogP contribution in [0.4, 0.5) is 11.5 Å². The van der Waals surface area contributed by atoms with E-state index in [1.165, 1.54) is 5.56 Å². The molecule has 0 radical (unpaired) electrons. The Bertz CT molecular complexity index is 1150. The van der Waals surface area contributed by atoms with Crippen LogP contribution in [0.1, 0.15) is 34.9 Å². The van der Waals surface area contributed by atoms with E-state index in [9.17, 15) is 9.90 Å². The van der Waals surface area contributed by atoms with Crippen LogP contribution < -0.4 is 10.1 Å². The number of nitrogens with zero attached hydrogens (tertiary/aromatic N) is 3. The first kappa shape index (κ1) is 18.1. The lowest BCUT2D eigenvalue weighted by molar-refractivity contribution is -0.142. The van der Waals surface area contributed by atoms with Gasteiger partial charge in [-0.05, 0) is 55.0 Å². The van der Waals surface area contributed by atoms with Crippen molar-refractivity contribution < 1.29 is 14.6 Å². The maximum atomic E-state index is 11.4. The number of ether oxygens (including phenoxy) is 1. The standard InChI is InChI=1S/C21H20N4O3S/c1-2-28-16-6-13-9-22-8-12(13)5-15(16)25-19-18-14-4-3-11(21(26)27)7-17(14)29-20(18)24-10-23-19/h5-6,8,10-11H,2-4,7,9H2,1H3,(H,26,27)(H,23,24,25)/t11-/m0/s1. The van der Waals surface area contributed by atoms with Crippen molar-refractivity contribution in [3.63, 3.8) is 0 Å². The molecule has 0 bridgehead atoms. The molecule has 0 fully saturated rings. The van der Waals surface area contributed by atoms with Gasteiger partial charge in [-0.1, -0.05) is 0 Å². The highest BCUT2D eigenvalue weighted by Gasteiger charge is 2.29. The summed E-state index contributed by atoms with van der Waals surface area (Å²) in [7, 11) is 0. The molecule has 3 heterocycles. The third-order valence-electron chi connectivity index (χ3n) is 5.48. The van der Waals surface area contributed by atoms with Gasteiger partial charge >= 0.3 is 5.97 Å². The van der Waals surface area contributed by atoms with Crippen molar-refractivity contribution in [2.24, 2.45) is 10.9 Å². The first-order valence-corrected chi connectivity index (χ1v) is 10.5. The van der Waals surface area contributed by atoms with Crippen LogP contribution in [0.25, 0.3) is 10.2 Å². The summed E-state index contributed by atoms with van der Waals surface area (Å²) in [4.78, 5) is 26.7. The fourth-order valence-corrected chi connectivity index (χ4v) is 5.32. The molecule has 0 saturated heterocycles. The zero-order valence-corrected chi connectivity index (χ0v) is 16.8. The van der Waals surface area contributed by atoms with E-state index in [4.69, 9.17) is 4.74 Å². The highest BCUT2D eigenvalue weighted by molar-refractivity contribution is 7.19. The molecule has 0 unspecified atom stereocenters. The van der Waals surface area contributed by atoms with Gasteiger partial charge in [0, 0.05) is 11.1 Å². The molecule has 1 atom stereocenters. The zero-order chi connectivity index (χ0) is 20.0. The van der Waals surface area contributed by atoms with Gasteiger partial charge in [0.25, 0.3) is 0 Å². The molecule has 1 aliphatic heterocycles. The summed E-state index contributed by atoms with van der Waals surface area (Å²) in [5.41, 5.74) is 4.25. The molecule has 148 valence electrons. The molecule has 1 aromatic carbocycles. The number of carboxylic acid groups (broad SMARTS) is 1. The fourth-order valence-electron chi connectivity index (χ4n) is 4.05. The number of aliphatic imine (C=N–C) groups is 1. The average Bonchev–Trinajstić information content (AvgIpc) is 3.31. The number of fused-ring (bicyclic) bond motifs is 4. The van der Waals surface area contributed by atoms with Crippen LogP contribution in [0.3, 0.4) is 0 Å². The van der Waals surface area contributed by atoms with E-state index in [2.05, 4.69) is 20.3 Å². The Morgan fingerprint density at radius 3 is 3.10 bits per heavy atom. The van der Waals surface area contributed by atoms with Gasteiger partial charge in [-0.25, -0.2) is 9.97 Å². The van der Waals surface area contributed by atoms with Crippen LogP contribution >= 0.6 is 11.3 Å². The van der Waals surface area contributed by atoms with Crippen molar-refractivity contribution in [2.75, 3.05) is 11.9 Å². The highest BCUT2D eigenvalue weighted by Crippen LogP contribution is 2.41. The first-order valence-electron chi connectivity index (χ1n) is 9.68. The maximum absolute atomic E-state index is 11.4. The Hall–Kier alpha value is -3.00. The minimum atomic E-state index is -0.723. The average molecular weight is 408 g/mol. The summed E-state index contributed by atoms with van der Waals surface area (Å²) in [6.07, 6.45) is 5.36. The predicted octanol–water partition coefficient (Wildman–Crippen LogP) is 3.96.